The number of benzene rings is 1. The Morgan fingerprint density at radius 2 is 2.15 bits per heavy atom. The minimum Gasteiger partial charge on any atom is -0.359 e. The molecule has 2 aromatic rings. The maximum absolute atomic E-state index is 11.4. The summed E-state index contributed by atoms with van der Waals surface area (Å²) in [6.45, 7) is 2.00. The number of rotatable bonds is 3. The van der Waals surface area contributed by atoms with Gasteiger partial charge in [0.25, 0.3) is 0 Å². The lowest BCUT2D eigenvalue weighted by Crippen LogP contribution is -2.35. The van der Waals surface area contributed by atoms with Crippen molar-refractivity contribution >= 4 is 32.6 Å². The van der Waals surface area contributed by atoms with E-state index in [1.165, 1.54) is 4.70 Å². The molecule has 5 heteroatoms. The van der Waals surface area contributed by atoms with Crippen molar-refractivity contribution < 1.29 is 4.79 Å². The van der Waals surface area contributed by atoms with Gasteiger partial charge in [0.1, 0.15) is 0 Å². The number of anilines is 1. The number of carbonyl (C=O) groups is 1. The Morgan fingerprint density at radius 1 is 1.40 bits per heavy atom. The number of amides is 1. The third kappa shape index (κ3) is 2.77. The van der Waals surface area contributed by atoms with E-state index in [0.717, 1.165) is 36.6 Å². The summed E-state index contributed by atoms with van der Waals surface area (Å²) >= 11 is 1.76. The Balaban J connectivity index is 1.64. The normalized spacial score (nSPS) is 16.6. The molecule has 0 atom stereocenters. The van der Waals surface area contributed by atoms with E-state index in [1.807, 2.05) is 6.07 Å². The number of carbonyl (C=O) groups excluding carboxylic acids is 1. The number of fused-ring (bicyclic) bond motifs is 1. The topological polar surface area (TPSA) is 45.2 Å². The van der Waals surface area contributed by atoms with E-state index in [2.05, 4.69) is 28.4 Å². The molecule has 1 aliphatic heterocycles. The van der Waals surface area contributed by atoms with E-state index in [4.69, 9.17) is 4.98 Å². The molecule has 3 rings (SSSR count). The van der Waals surface area contributed by atoms with Crippen LogP contribution in [0.1, 0.15) is 19.3 Å². The zero-order valence-electron chi connectivity index (χ0n) is 11.6. The van der Waals surface area contributed by atoms with E-state index in [0.29, 0.717) is 12.3 Å². The Morgan fingerprint density at radius 3 is 2.85 bits per heavy atom. The van der Waals surface area contributed by atoms with Crippen LogP contribution in [0.25, 0.3) is 10.2 Å². The first kappa shape index (κ1) is 13.4. The van der Waals surface area contributed by atoms with Crippen molar-refractivity contribution in [3.63, 3.8) is 0 Å². The first-order valence-corrected chi connectivity index (χ1v) is 7.89. The van der Waals surface area contributed by atoms with Gasteiger partial charge in [-0.1, -0.05) is 23.5 Å². The summed E-state index contributed by atoms with van der Waals surface area (Å²) in [7, 11) is 1.71. The van der Waals surface area contributed by atoms with Crippen LogP contribution in [0.2, 0.25) is 0 Å². The summed E-state index contributed by atoms with van der Waals surface area (Å²) in [5.74, 6) is 0.670. The fourth-order valence-electron chi connectivity index (χ4n) is 2.69. The number of thiazole rings is 1. The van der Waals surface area contributed by atoms with Crippen LogP contribution in [0.5, 0.6) is 0 Å². The SMILES string of the molecule is CNC(=O)CC1CCN(c2nc3ccccc3s2)CC1. The van der Waals surface area contributed by atoms with E-state index in [-0.39, 0.29) is 5.91 Å². The summed E-state index contributed by atoms with van der Waals surface area (Å²) in [4.78, 5) is 18.5. The molecule has 2 heterocycles. The maximum Gasteiger partial charge on any atom is 0.220 e. The predicted octanol–water partition coefficient (Wildman–Crippen LogP) is 2.65. The molecule has 1 fully saturated rings. The Labute approximate surface area is 122 Å². The highest BCUT2D eigenvalue weighted by molar-refractivity contribution is 7.22. The van der Waals surface area contributed by atoms with Crippen molar-refractivity contribution in [2.45, 2.75) is 19.3 Å². The van der Waals surface area contributed by atoms with Crippen LogP contribution >= 0.6 is 11.3 Å². The van der Waals surface area contributed by atoms with Crippen molar-refractivity contribution in [3.05, 3.63) is 24.3 Å². The molecular weight excluding hydrogens is 270 g/mol. The number of nitrogens with zero attached hydrogens (tertiary/aromatic N) is 2. The zero-order valence-corrected chi connectivity index (χ0v) is 12.4. The van der Waals surface area contributed by atoms with Crippen LogP contribution in [0, 0.1) is 5.92 Å². The van der Waals surface area contributed by atoms with Crippen LogP contribution < -0.4 is 10.2 Å². The van der Waals surface area contributed by atoms with Crippen molar-refractivity contribution in [3.8, 4) is 0 Å². The van der Waals surface area contributed by atoms with Gasteiger partial charge in [-0.25, -0.2) is 4.98 Å². The number of aromatic nitrogens is 1. The highest BCUT2D eigenvalue weighted by Gasteiger charge is 2.23. The lowest BCUT2D eigenvalue weighted by atomic mass is 9.93. The fourth-order valence-corrected chi connectivity index (χ4v) is 3.71. The third-order valence-electron chi connectivity index (χ3n) is 3.92. The first-order chi connectivity index (χ1) is 9.76. The molecule has 1 aliphatic rings. The number of nitrogens with one attached hydrogen (secondary N) is 1. The van der Waals surface area contributed by atoms with Crippen molar-refractivity contribution in [1.82, 2.24) is 10.3 Å². The Hall–Kier alpha value is -1.62. The van der Waals surface area contributed by atoms with Gasteiger partial charge >= 0.3 is 0 Å². The smallest absolute Gasteiger partial charge is 0.220 e. The van der Waals surface area contributed by atoms with Crippen molar-refractivity contribution in [2.75, 3.05) is 25.0 Å². The van der Waals surface area contributed by atoms with Crippen LogP contribution in [0.15, 0.2) is 24.3 Å². The fraction of sp³-hybridized carbons (Fsp3) is 0.467. The van der Waals surface area contributed by atoms with E-state index in [1.54, 1.807) is 18.4 Å². The number of piperidine rings is 1. The second-order valence-corrected chi connectivity index (χ2v) is 6.28. The summed E-state index contributed by atoms with van der Waals surface area (Å²) in [6.07, 6.45) is 2.80. The molecule has 1 aromatic carbocycles. The molecule has 1 aromatic heterocycles. The Kier molecular flexibility index (Phi) is 3.87. The van der Waals surface area contributed by atoms with Gasteiger partial charge < -0.3 is 10.2 Å². The van der Waals surface area contributed by atoms with Gasteiger partial charge in [0.2, 0.25) is 5.91 Å². The molecule has 1 saturated heterocycles. The van der Waals surface area contributed by atoms with Gasteiger partial charge in [-0.2, -0.15) is 0 Å². The summed E-state index contributed by atoms with van der Waals surface area (Å²) in [5.41, 5.74) is 1.08. The standard InChI is InChI=1S/C15H19N3OS/c1-16-14(19)10-11-6-8-18(9-7-11)15-17-12-4-2-3-5-13(12)20-15/h2-5,11H,6-10H2,1H3,(H,16,19). The lowest BCUT2D eigenvalue weighted by molar-refractivity contribution is -0.121. The van der Waals surface area contributed by atoms with Gasteiger partial charge in [0, 0.05) is 26.6 Å². The number of hydrogen-bond acceptors (Lipinski definition) is 4. The van der Waals surface area contributed by atoms with Crippen molar-refractivity contribution in [2.24, 2.45) is 5.92 Å². The van der Waals surface area contributed by atoms with Crippen molar-refractivity contribution in [1.29, 1.82) is 0 Å². The molecule has 20 heavy (non-hydrogen) atoms. The summed E-state index contributed by atoms with van der Waals surface area (Å²) < 4.78 is 1.25. The molecule has 0 spiro atoms. The molecule has 0 saturated carbocycles. The highest BCUT2D eigenvalue weighted by Crippen LogP contribution is 2.31. The van der Waals surface area contributed by atoms with Crippen LogP contribution in [-0.2, 0) is 4.79 Å². The molecule has 1 N–H and O–H groups in total. The zero-order chi connectivity index (χ0) is 13.9. The van der Waals surface area contributed by atoms with E-state index < -0.39 is 0 Å². The quantitative estimate of drug-likeness (QED) is 0.945. The molecular formula is C15H19N3OS. The Bertz CT molecular complexity index is 569. The predicted molar refractivity (Wildman–Crippen MR) is 83.2 cm³/mol. The number of para-hydroxylation sites is 1. The molecule has 106 valence electrons. The van der Waals surface area contributed by atoms with E-state index >= 15 is 0 Å². The highest BCUT2D eigenvalue weighted by atomic mass is 32.1. The summed E-state index contributed by atoms with van der Waals surface area (Å²) in [6, 6.07) is 8.27. The van der Waals surface area contributed by atoms with Crippen LogP contribution in [0.4, 0.5) is 5.13 Å². The third-order valence-corrected chi connectivity index (χ3v) is 5.02. The van der Waals surface area contributed by atoms with Gasteiger partial charge in [-0.05, 0) is 30.9 Å². The lowest BCUT2D eigenvalue weighted by Gasteiger charge is -2.31. The summed E-state index contributed by atoms with van der Waals surface area (Å²) in [5, 5.41) is 3.83. The second-order valence-electron chi connectivity index (χ2n) is 5.27. The van der Waals surface area contributed by atoms with E-state index in [9.17, 15) is 4.79 Å². The minimum atomic E-state index is 0.156. The molecule has 4 nitrogen and oxygen atoms in total. The average Bonchev–Trinajstić information content (AvgIpc) is 2.91. The molecule has 0 bridgehead atoms. The maximum atomic E-state index is 11.4. The molecule has 0 aliphatic carbocycles. The minimum absolute atomic E-state index is 0.156. The van der Waals surface area contributed by atoms with Gasteiger partial charge in [0.15, 0.2) is 5.13 Å². The monoisotopic (exact) mass is 289 g/mol. The van der Waals surface area contributed by atoms with Gasteiger partial charge in [-0.15, -0.1) is 0 Å². The largest absolute Gasteiger partial charge is 0.359 e. The average molecular weight is 289 g/mol. The number of hydrogen-bond donors (Lipinski definition) is 1. The van der Waals surface area contributed by atoms with Crippen LogP contribution in [-0.4, -0.2) is 31.0 Å². The molecule has 1 amide bonds. The molecule has 0 unspecified atom stereocenters. The van der Waals surface area contributed by atoms with Gasteiger partial charge in [-0.3, -0.25) is 4.79 Å². The molecule has 0 radical (unpaired) electrons. The van der Waals surface area contributed by atoms with Gasteiger partial charge in [0.05, 0.1) is 10.2 Å². The van der Waals surface area contributed by atoms with Crippen LogP contribution in [0.3, 0.4) is 0 Å². The second kappa shape index (κ2) is 5.79. The first-order valence-electron chi connectivity index (χ1n) is 7.07.